The van der Waals surface area contributed by atoms with E-state index >= 15 is 0 Å². The Morgan fingerprint density at radius 3 is 1.16 bits per heavy atom. The molecule has 0 saturated heterocycles. The fraction of sp³-hybridized carbons (Fsp3) is 0.150. The summed E-state index contributed by atoms with van der Waals surface area (Å²) in [6.45, 7) is 25.3. The van der Waals surface area contributed by atoms with Crippen LogP contribution >= 0.6 is 22.7 Å². The van der Waals surface area contributed by atoms with E-state index < -0.39 is 19.0 Å². The first-order valence-corrected chi connectivity index (χ1v) is 43.7. The van der Waals surface area contributed by atoms with Gasteiger partial charge in [0.15, 0.2) is 0 Å². The Hall–Kier alpha value is -12.8. The Morgan fingerprint density at radius 1 is 0.267 bits per heavy atom. The third kappa shape index (κ3) is 11.8. The van der Waals surface area contributed by atoms with E-state index in [1.54, 1.807) is 0 Å². The van der Waals surface area contributed by atoms with Gasteiger partial charge in [-0.05, 0) is 231 Å². The Kier molecular flexibility index (Phi) is 15.9. The maximum absolute atomic E-state index is 9.22. The van der Waals surface area contributed by atoms with Gasteiger partial charge in [-0.3, -0.25) is 0 Å². The highest BCUT2D eigenvalue weighted by Gasteiger charge is 2.47. The van der Waals surface area contributed by atoms with Crippen molar-refractivity contribution in [3.05, 3.63) is 343 Å². The molecule has 120 heavy (non-hydrogen) atoms. The van der Waals surface area contributed by atoms with Gasteiger partial charge in [0.25, 0.3) is 6.71 Å². The molecule has 0 aliphatic carbocycles. The Labute approximate surface area is 714 Å². The zero-order valence-electron chi connectivity index (χ0n) is 72.6. The average Bonchev–Trinajstić information content (AvgIpc) is 1.12. The molecule has 0 saturated carbocycles. The molecule has 0 amide bonds. The number of anilines is 6. The van der Waals surface area contributed by atoms with Crippen LogP contribution in [0.5, 0.6) is 0 Å². The molecule has 580 valence electrons. The number of aryl methyl sites for hydroxylation is 1. The van der Waals surface area contributed by atoms with Gasteiger partial charge >= 0.3 is 0 Å². The Balaban J connectivity index is 0.954. The number of thiophene rings is 2. The SMILES string of the molecule is [2H]C([2H])([2H])c1cc(-c2ccccc2)cc(-c2ccc3c(c2)B2c4ccc(-c5ccc(C(C)(C)C)cc5)cc4N(c4c(-c5cccc6oc7ccccc7c56)cc(C(C)(C)C)cc4-c4cccc5oc6ccccc6c45)c4cc(C(C)(C)C)cc(c42)N3c2c(-c3cccc4sc5ccccc5c34)cc(C(C)(C)C)cc2-c2cccc3sc4ccccc4c23)c1. The minimum Gasteiger partial charge on any atom is -0.456 e. The molecular formula is C113H91BN2O2S2. The number of furan rings is 2. The van der Waals surface area contributed by atoms with E-state index in [-0.39, 0.29) is 21.8 Å². The predicted octanol–water partition coefficient (Wildman–Crippen LogP) is 31.5. The predicted molar refractivity (Wildman–Crippen MR) is 518 cm³/mol. The summed E-state index contributed by atoms with van der Waals surface area (Å²) in [6, 6.07) is 117. The molecule has 2 aliphatic rings. The zero-order valence-corrected chi connectivity index (χ0v) is 71.3. The lowest BCUT2D eigenvalue weighted by Gasteiger charge is -2.47. The molecule has 0 bridgehead atoms. The third-order valence-corrected chi connectivity index (χ3v) is 27.8. The molecule has 6 heterocycles. The first-order chi connectivity index (χ1) is 59.1. The van der Waals surface area contributed by atoms with Gasteiger partial charge in [-0.1, -0.05) is 295 Å². The molecule has 4 nitrogen and oxygen atoms in total. The van der Waals surface area contributed by atoms with Crippen molar-refractivity contribution >= 4 is 164 Å². The molecule has 0 fully saturated rings. The van der Waals surface area contributed by atoms with E-state index in [0.29, 0.717) is 0 Å². The van der Waals surface area contributed by atoms with Gasteiger partial charge < -0.3 is 18.6 Å². The van der Waals surface area contributed by atoms with E-state index in [0.717, 1.165) is 178 Å². The standard InChI is InChI=1S/C113H91BN2O2S2/c1-66-55-71(67-29-15-14-16-30-67)57-72(56-66)69-50-54-91-90(58-69)114-89-53-49-70(68-47-51-73(52-48-68)110(2,3)4)59-92(89)116(109-85(77-35-25-41-97-103(77)81-31-17-21-39-95(81)117-97)60-74(111(5,6)7)61-86(109)78-36-26-42-98-104(78)82-32-18-22-40-96(82)118-98)94-65-76(113(11,12)13)64-93(107(94)114)115(91)108-87(79-37-27-45-101-105(79)83-33-19-23-43-99(83)119-101)62-75(112(8,9)10)63-88(108)80-38-28-46-102-106(80)84-34-20-24-44-100(84)120-102/h14-65H,1-13H3/i1D3. The van der Waals surface area contributed by atoms with E-state index in [4.69, 9.17) is 8.83 Å². The van der Waals surface area contributed by atoms with Crippen LogP contribution < -0.4 is 26.2 Å². The Bertz CT molecular complexity index is 7530. The first-order valence-electron chi connectivity index (χ1n) is 43.5. The highest BCUT2D eigenvalue weighted by Crippen LogP contribution is 2.59. The van der Waals surface area contributed by atoms with Gasteiger partial charge in [0.05, 0.1) is 11.4 Å². The second kappa shape index (κ2) is 27.1. The summed E-state index contributed by atoms with van der Waals surface area (Å²) in [5.41, 5.74) is 31.1. The topological polar surface area (TPSA) is 32.8 Å². The molecule has 16 aromatic carbocycles. The zero-order chi connectivity index (χ0) is 84.2. The highest BCUT2D eigenvalue weighted by atomic mass is 32.1. The monoisotopic (exact) mass is 1590 g/mol. The van der Waals surface area contributed by atoms with Gasteiger partial charge in [0, 0.05) is 111 Å². The molecule has 7 heteroatoms. The second-order valence-corrected chi connectivity index (χ2v) is 39.4. The molecule has 0 N–H and O–H groups in total. The molecule has 2 aliphatic heterocycles. The van der Waals surface area contributed by atoms with E-state index in [1.807, 2.05) is 53.0 Å². The maximum Gasteiger partial charge on any atom is 0.252 e. The number of nitrogens with zero attached hydrogens (tertiary/aromatic N) is 2. The van der Waals surface area contributed by atoms with Gasteiger partial charge in [-0.25, -0.2) is 0 Å². The lowest BCUT2D eigenvalue weighted by atomic mass is 9.33. The third-order valence-electron chi connectivity index (χ3n) is 25.6. The van der Waals surface area contributed by atoms with Gasteiger partial charge in [0.1, 0.15) is 22.3 Å². The molecule has 0 atom stereocenters. The van der Waals surface area contributed by atoms with Crippen LogP contribution in [0.15, 0.2) is 324 Å². The summed E-state index contributed by atoms with van der Waals surface area (Å²) in [6.07, 6.45) is 0. The molecule has 20 aromatic rings. The fourth-order valence-corrected chi connectivity index (χ4v) is 21.7. The summed E-state index contributed by atoms with van der Waals surface area (Å²) in [5.74, 6) is 0. The molecular weight excluding hydrogens is 1490 g/mol. The minimum absolute atomic E-state index is 0.0819. The van der Waals surface area contributed by atoms with Crippen molar-refractivity contribution in [3.8, 4) is 77.9 Å². The van der Waals surface area contributed by atoms with E-state index in [1.165, 1.54) is 57.0 Å². The lowest BCUT2D eigenvalue weighted by Crippen LogP contribution is -2.61. The minimum atomic E-state index is -2.42. The van der Waals surface area contributed by atoms with Crippen LogP contribution in [0.25, 0.3) is 162 Å². The van der Waals surface area contributed by atoms with Crippen LogP contribution in [0.2, 0.25) is 0 Å². The summed E-state index contributed by atoms with van der Waals surface area (Å²) >= 11 is 3.71. The number of benzene rings is 16. The fourth-order valence-electron chi connectivity index (χ4n) is 19.5. The smallest absolute Gasteiger partial charge is 0.252 e. The normalized spacial score (nSPS) is 13.6. The summed E-state index contributed by atoms with van der Waals surface area (Å²) in [5, 5.41) is 9.04. The second-order valence-electron chi connectivity index (χ2n) is 37.3. The number of para-hydroxylation sites is 2. The van der Waals surface area contributed by atoms with Crippen LogP contribution in [0.1, 0.15) is 115 Å². The molecule has 4 aromatic heterocycles. The van der Waals surface area contributed by atoms with Crippen LogP contribution in [0.3, 0.4) is 0 Å². The highest BCUT2D eigenvalue weighted by molar-refractivity contribution is 7.26. The van der Waals surface area contributed by atoms with Crippen molar-refractivity contribution in [2.45, 2.75) is 112 Å². The quantitative estimate of drug-likeness (QED) is 0.135. The molecule has 0 unspecified atom stereocenters. The van der Waals surface area contributed by atoms with Crippen molar-refractivity contribution in [2.24, 2.45) is 0 Å². The van der Waals surface area contributed by atoms with Gasteiger partial charge in [-0.2, -0.15) is 0 Å². The van der Waals surface area contributed by atoms with Crippen molar-refractivity contribution < 1.29 is 12.9 Å². The van der Waals surface area contributed by atoms with Crippen LogP contribution in [0, 0.1) is 6.85 Å². The molecule has 0 radical (unpaired) electrons. The van der Waals surface area contributed by atoms with Crippen LogP contribution in [-0.2, 0) is 21.7 Å². The van der Waals surface area contributed by atoms with Crippen LogP contribution in [0.4, 0.5) is 34.1 Å². The number of hydrogen-bond donors (Lipinski definition) is 0. The van der Waals surface area contributed by atoms with Gasteiger partial charge in [-0.15, -0.1) is 22.7 Å². The van der Waals surface area contributed by atoms with Crippen molar-refractivity contribution in [2.75, 3.05) is 9.80 Å². The number of rotatable bonds is 9. The lowest BCUT2D eigenvalue weighted by molar-refractivity contribution is 0.590. The molecule has 0 spiro atoms. The van der Waals surface area contributed by atoms with Crippen molar-refractivity contribution in [3.63, 3.8) is 0 Å². The number of hydrogen-bond acceptors (Lipinski definition) is 6. The van der Waals surface area contributed by atoms with Gasteiger partial charge in [0.2, 0.25) is 0 Å². The van der Waals surface area contributed by atoms with Crippen LogP contribution in [-0.4, -0.2) is 6.71 Å². The summed E-state index contributed by atoms with van der Waals surface area (Å²) in [7, 11) is 0. The van der Waals surface area contributed by atoms with E-state index in [9.17, 15) is 4.11 Å². The molecule has 22 rings (SSSR count). The van der Waals surface area contributed by atoms with E-state index in [2.05, 4.69) is 378 Å². The summed E-state index contributed by atoms with van der Waals surface area (Å²) < 4.78 is 46.6. The maximum atomic E-state index is 9.22. The number of fused-ring (bicyclic) bond motifs is 16. The summed E-state index contributed by atoms with van der Waals surface area (Å²) in [4.78, 5) is 5.43. The largest absolute Gasteiger partial charge is 0.456 e. The van der Waals surface area contributed by atoms with Crippen molar-refractivity contribution in [1.29, 1.82) is 0 Å². The first kappa shape index (κ1) is 70.3. The average molecular weight is 1590 g/mol. The Morgan fingerprint density at radius 2 is 0.658 bits per heavy atom. The van der Waals surface area contributed by atoms with Crippen molar-refractivity contribution in [1.82, 2.24) is 0 Å².